The Morgan fingerprint density at radius 3 is 1.93 bits per heavy atom. The Kier molecular flexibility index (Phi) is 7.82. The first-order valence-electron chi connectivity index (χ1n) is 6.64. The van der Waals surface area contributed by atoms with E-state index in [1.54, 1.807) is 0 Å². The fourth-order valence-corrected chi connectivity index (χ4v) is 2.29. The molecule has 0 aromatic carbocycles. The minimum atomic E-state index is 0.800. The molecule has 0 rings (SSSR count). The maximum atomic E-state index is 2.45. The molecule has 0 aliphatic carbocycles. The second kappa shape index (κ2) is 7.96. The summed E-state index contributed by atoms with van der Waals surface area (Å²) in [5, 5.41) is 0. The van der Waals surface area contributed by atoms with Gasteiger partial charge in [0.25, 0.3) is 0 Å². The number of rotatable bonds is 7. The average Bonchev–Trinajstić information content (AvgIpc) is 2.15. The molecule has 0 heterocycles. The molecule has 0 nitrogen and oxygen atoms in total. The molecule has 0 amide bonds. The highest BCUT2D eigenvalue weighted by molar-refractivity contribution is 4.97. The molecule has 0 aliphatic rings. The molecule has 0 saturated carbocycles. The molecule has 0 aromatic heterocycles. The Bertz CT molecular complexity index is 174. The maximum absolute atomic E-state index is 2.45. The third-order valence-corrected chi connectivity index (χ3v) is 3.30. The summed E-state index contributed by atoms with van der Waals surface area (Å²) in [7, 11) is 0. The zero-order chi connectivity index (χ0) is 11.8. The quantitative estimate of drug-likeness (QED) is 0.491. The maximum Gasteiger partial charge on any atom is -0.0231 e. The highest BCUT2D eigenvalue weighted by Crippen LogP contribution is 2.24. The van der Waals surface area contributed by atoms with Gasteiger partial charge in [0.05, 0.1) is 0 Å². The van der Waals surface area contributed by atoms with Crippen LogP contribution in [0.25, 0.3) is 0 Å². The molecule has 0 spiro atoms. The minimum absolute atomic E-state index is 0.800. The van der Waals surface area contributed by atoms with Gasteiger partial charge >= 0.3 is 0 Å². The van der Waals surface area contributed by atoms with Gasteiger partial charge in [0.1, 0.15) is 0 Å². The molecule has 0 N–H and O–H groups in total. The fraction of sp³-hybridized carbons (Fsp3) is 0.867. The Morgan fingerprint density at radius 2 is 1.53 bits per heavy atom. The lowest BCUT2D eigenvalue weighted by Crippen LogP contribution is -2.07. The van der Waals surface area contributed by atoms with Gasteiger partial charge in [0.2, 0.25) is 0 Å². The SMILES string of the molecule is CCC(C)CC(C)CC(C=C(C)C)CC. The first-order valence-corrected chi connectivity index (χ1v) is 6.64. The molecule has 0 aromatic rings. The molecule has 90 valence electrons. The molecular weight excluding hydrogens is 180 g/mol. The van der Waals surface area contributed by atoms with E-state index in [9.17, 15) is 0 Å². The van der Waals surface area contributed by atoms with Gasteiger partial charge < -0.3 is 0 Å². The van der Waals surface area contributed by atoms with Crippen molar-refractivity contribution in [2.75, 3.05) is 0 Å². The Hall–Kier alpha value is -0.260. The number of hydrogen-bond donors (Lipinski definition) is 0. The summed E-state index contributed by atoms with van der Waals surface area (Å²) in [6.45, 7) is 13.8. The summed E-state index contributed by atoms with van der Waals surface area (Å²) in [4.78, 5) is 0. The van der Waals surface area contributed by atoms with E-state index in [4.69, 9.17) is 0 Å². The van der Waals surface area contributed by atoms with Crippen LogP contribution in [0.5, 0.6) is 0 Å². The van der Waals surface area contributed by atoms with Crippen LogP contribution in [0, 0.1) is 17.8 Å². The van der Waals surface area contributed by atoms with E-state index in [-0.39, 0.29) is 0 Å². The standard InChI is InChI=1S/C15H30/c1-7-13(5)10-14(6)11-15(8-2)9-12(3)4/h9,13-15H,7-8,10-11H2,1-6H3. The third kappa shape index (κ3) is 7.64. The Morgan fingerprint density at radius 1 is 0.933 bits per heavy atom. The van der Waals surface area contributed by atoms with Crippen molar-refractivity contribution in [3.8, 4) is 0 Å². The van der Waals surface area contributed by atoms with E-state index >= 15 is 0 Å². The van der Waals surface area contributed by atoms with Crippen LogP contribution in [0.2, 0.25) is 0 Å². The topological polar surface area (TPSA) is 0 Å². The molecule has 0 aliphatic heterocycles. The van der Waals surface area contributed by atoms with Crippen molar-refractivity contribution in [3.63, 3.8) is 0 Å². The van der Waals surface area contributed by atoms with Crippen molar-refractivity contribution < 1.29 is 0 Å². The van der Waals surface area contributed by atoms with Gasteiger partial charge in [-0.25, -0.2) is 0 Å². The van der Waals surface area contributed by atoms with Crippen molar-refractivity contribution in [1.29, 1.82) is 0 Å². The summed E-state index contributed by atoms with van der Waals surface area (Å²) >= 11 is 0. The van der Waals surface area contributed by atoms with Gasteiger partial charge in [-0.15, -0.1) is 0 Å². The Balaban J connectivity index is 4.01. The van der Waals surface area contributed by atoms with Gasteiger partial charge in [-0.2, -0.15) is 0 Å². The second-order valence-corrected chi connectivity index (χ2v) is 5.50. The summed E-state index contributed by atoms with van der Waals surface area (Å²) < 4.78 is 0. The van der Waals surface area contributed by atoms with Crippen molar-refractivity contribution in [1.82, 2.24) is 0 Å². The average molecular weight is 210 g/mol. The van der Waals surface area contributed by atoms with Gasteiger partial charge in [0, 0.05) is 0 Å². The van der Waals surface area contributed by atoms with Gasteiger partial charge in [-0.3, -0.25) is 0 Å². The summed E-state index contributed by atoms with van der Waals surface area (Å²) in [6, 6.07) is 0. The summed E-state index contributed by atoms with van der Waals surface area (Å²) in [5.41, 5.74) is 1.47. The molecule has 0 bridgehead atoms. The first-order chi connectivity index (χ1) is 6.99. The monoisotopic (exact) mass is 210 g/mol. The first kappa shape index (κ1) is 14.7. The highest BCUT2D eigenvalue weighted by Gasteiger charge is 2.11. The molecule has 0 radical (unpaired) electrons. The van der Waals surface area contributed by atoms with Crippen LogP contribution in [-0.2, 0) is 0 Å². The lowest BCUT2D eigenvalue weighted by atomic mass is 9.86. The number of allylic oxidation sites excluding steroid dienone is 2. The largest absolute Gasteiger partial charge is 0.0828 e. The lowest BCUT2D eigenvalue weighted by molar-refractivity contribution is 0.349. The molecule has 0 heteroatoms. The van der Waals surface area contributed by atoms with Crippen molar-refractivity contribution in [3.05, 3.63) is 11.6 Å². The molecule has 0 saturated heterocycles. The van der Waals surface area contributed by atoms with Gasteiger partial charge in [-0.1, -0.05) is 45.8 Å². The molecule has 3 atom stereocenters. The molecule has 3 unspecified atom stereocenters. The van der Waals surface area contributed by atoms with Crippen LogP contribution in [0.3, 0.4) is 0 Å². The van der Waals surface area contributed by atoms with Crippen LogP contribution in [0.4, 0.5) is 0 Å². The zero-order valence-electron chi connectivity index (χ0n) is 11.6. The van der Waals surface area contributed by atoms with Crippen LogP contribution in [-0.4, -0.2) is 0 Å². The molecular formula is C15H30. The van der Waals surface area contributed by atoms with Gasteiger partial charge in [0.15, 0.2) is 0 Å². The smallest absolute Gasteiger partial charge is 0.0231 e. The van der Waals surface area contributed by atoms with Crippen LogP contribution in [0.1, 0.15) is 67.2 Å². The zero-order valence-corrected chi connectivity index (χ0v) is 11.6. The van der Waals surface area contributed by atoms with E-state index in [0.717, 1.165) is 17.8 Å². The van der Waals surface area contributed by atoms with E-state index in [1.165, 1.54) is 31.3 Å². The van der Waals surface area contributed by atoms with Crippen molar-refractivity contribution in [2.24, 2.45) is 17.8 Å². The third-order valence-electron chi connectivity index (χ3n) is 3.30. The number of hydrogen-bond acceptors (Lipinski definition) is 0. The molecule has 0 fully saturated rings. The van der Waals surface area contributed by atoms with Crippen LogP contribution >= 0.6 is 0 Å². The van der Waals surface area contributed by atoms with Crippen molar-refractivity contribution >= 4 is 0 Å². The molecule has 15 heavy (non-hydrogen) atoms. The lowest BCUT2D eigenvalue weighted by Gasteiger charge is -2.20. The van der Waals surface area contributed by atoms with E-state index in [0.29, 0.717) is 0 Å². The van der Waals surface area contributed by atoms with Crippen LogP contribution < -0.4 is 0 Å². The normalized spacial score (nSPS) is 16.9. The van der Waals surface area contributed by atoms with E-state index in [1.807, 2.05) is 0 Å². The summed E-state index contributed by atoms with van der Waals surface area (Å²) in [6.07, 6.45) is 7.82. The fourth-order valence-electron chi connectivity index (χ4n) is 2.29. The van der Waals surface area contributed by atoms with Crippen molar-refractivity contribution in [2.45, 2.75) is 67.2 Å². The minimum Gasteiger partial charge on any atom is -0.0828 e. The van der Waals surface area contributed by atoms with E-state index < -0.39 is 0 Å². The van der Waals surface area contributed by atoms with E-state index in [2.05, 4.69) is 47.6 Å². The predicted molar refractivity (Wildman–Crippen MR) is 71.1 cm³/mol. The van der Waals surface area contributed by atoms with Crippen LogP contribution in [0.15, 0.2) is 11.6 Å². The van der Waals surface area contributed by atoms with Gasteiger partial charge in [-0.05, 0) is 50.9 Å². The Labute approximate surface area is 97.2 Å². The highest BCUT2D eigenvalue weighted by atomic mass is 14.2. The second-order valence-electron chi connectivity index (χ2n) is 5.50. The predicted octanol–water partition coefficient (Wildman–Crippen LogP) is 5.44. The summed E-state index contributed by atoms with van der Waals surface area (Å²) in [5.74, 6) is 2.57.